The molecule has 1 aromatic carbocycles. The van der Waals surface area contributed by atoms with E-state index in [2.05, 4.69) is 5.32 Å². The van der Waals surface area contributed by atoms with Gasteiger partial charge in [0.25, 0.3) is 0 Å². The fourth-order valence-electron chi connectivity index (χ4n) is 1.85. The topological polar surface area (TPSA) is 32.3 Å². The molecule has 0 heterocycles. The summed E-state index contributed by atoms with van der Waals surface area (Å²) in [6.07, 6.45) is 0.651. The van der Waals surface area contributed by atoms with Gasteiger partial charge in [-0.15, -0.1) is 0 Å². The summed E-state index contributed by atoms with van der Waals surface area (Å²) in [4.78, 5) is 0. The lowest BCUT2D eigenvalue weighted by atomic mass is 9.87. The molecular formula is C12H18FNO. The Morgan fingerprint density at radius 2 is 2.00 bits per heavy atom. The Hall–Kier alpha value is -0.930. The quantitative estimate of drug-likeness (QED) is 0.781. The van der Waals surface area contributed by atoms with E-state index in [-0.39, 0.29) is 12.4 Å². The average molecular weight is 211 g/mol. The lowest BCUT2D eigenvalue weighted by molar-refractivity contribution is 0.154. The number of likely N-dealkylation sites (N-methyl/N-ethyl adjacent to an activating group) is 1. The highest BCUT2D eigenvalue weighted by atomic mass is 19.1. The van der Waals surface area contributed by atoms with Crippen LogP contribution in [0.25, 0.3) is 0 Å². The Morgan fingerprint density at radius 1 is 1.33 bits per heavy atom. The summed E-state index contributed by atoms with van der Waals surface area (Å²) in [7, 11) is 0. The van der Waals surface area contributed by atoms with Crippen molar-refractivity contribution < 1.29 is 9.50 Å². The number of benzene rings is 1. The molecular weight excluding hydrogens is 193 g/mol. The van der Waals surface area contributed by atoms with E-state index in [1.165, 1.54) is 6.07 Å². The third-order valence-electron chi connectivity index (χ3n) is 2.78. The van der Waals surface area contributed by atoms with Crippen molar-refractivity contribution in [3.05, 3.63) is 35.6 Å². The second kappa shape index (κ2) is 5.24. The van der Waals surface area contributed by atoms with E-state index in [1.807, 2.05) is 13.8 Å². The number of nitrogens with one attached hydrogen (secondary N) is 1. The van der Waals surface area contributed by atoms with Crippen LogP contribution in [0.2, 0.25) is 0 Å². The molecule has 0 radical (unpaired) electrons. The highest BCUT2D eigenvalue weighted by molar-refractivity contribution is 5.26. The van der Waals surface area contributed by atoms with Crippen LogP contribution >= 0.6 is 0 Å². The second-order valence-corrected chi connectivity index (χ2v) is 3.60. The average Bonchev–Trinajstić information content (AvgIpc) is 2.27. The molecule has 0 amide bonds. The van der Waals surface area contributed by atoms with Gasteiger partial charge >= 0.3 is 0 Å². The molecule has 1 unspecified atom stereocenters. The first-order valence-electron chi connectivity index (χ1n) is 5.31. The van der Waals surface area contributed by atoms with E-state index in [9.17, 15) is 9.50 Å². The smallest absolute Gasteiger partial charge is 0.128 e. The summed E-state index contributed by atoms with van der Waals surface area (Å²) >= 11 is 0. The molecule has 1 atom stereocenters. The molecule has 2 nitrogen and oxygen atoms in total. The van der Waals surface area contributed by atoms with Crippen molar-refractivity contribution in [1.29, 1.82) is 0 Å². The highest BCUT2D eigenvalue weighted by Gasteiger charge is 2.30. The molecule has 0 fully saturated rings. The van der Waals surface area contributed by atoms with E-state index in [1.54, 1.807) is 18.2 Å². The van der Waals surface area contributed by atoms with Gasteiger partial charge < -0.3 is 10.4 Å². The van der Waals surface area contributed by atoms with E-state index in [0.717, 1.165) is 0 Å². The van der Waals surface area contributed by atoms with E-state index in [0.29, 0.717) is 18.5 Å². The zero-order valence-corrected chi connectivity index (χ0v) is 9.26. The molecule has 1 aromatic rings. The zero-order chi connectivity index (χ0) is 11.3. The van der Waals surface area contributed by atoms with Crippen molar-refractivity contribution in [2.24, 2.45) is 0 Å². The minimum atomic E-state index is -0.653. The van der Waals surface area contributed by atoms with Gasteiger partial charge in [0.05, 0.1) is 12.1 Å². The van der Waals surface area contributed by atoms with Crippen molar-refractivity contribution in [1.82, 2.24) is 5.32 Å². The predicted octanol–water partition coefficient (Wildman–Crippen LogP) is 2.03. The Balaban J connectivity index is 3.13. The van der Waals surface area contributed by atoms with Crippen LogP contribution in [0, 0.1) is 5.82 Å². The van der Waals surface area contributed by atoms with Gasteiger partial charge in [-0.05, 0) is 19.0 Å². The summed E-state index contributed by atoms with van der Waals surface area (Å²) in [5.74, 6) is -0.269. The minimum absolute atomic E-state index is 0.0989. The first kappa shape index (κ1) is 12.1. The Kier molecular flexibility index (Phi) is 4.24. The van der Waals surface area contributed by atoms with Gasteiger partial charge in [-0.25, -0.2) is 4.39 Å². The van der Waals surface area contributed by atoms with Gasteiger partial charge in [-0.3, -0.25) is 0 Å². The minimum Gasteiger partial charge on any atom is -0.394 e. The van der Waals surface area contributed by atoms with Crippen LogP contribution in [0.15, 0.2) is 24.3 Å². The van der Waals surface area contributed by atoms with Crippen LogP contribution in [-0.4, -0.2) is 18.3 Å². The van der Waals surface area contributed by atoms with Gasteiger partial charge in [0.15, 0.2) is 0 Å². The molecule has 1 rings (SSSR count). The molecule has 84 valence electrons. The number of hydrogen-bond acceptors (Lipinski definition) is 2. The summed E-state index contributed by atoms with van der Waals surface area (Å²) in [5.41, 5.74) is -0.114. The van der Waals surface area contributed by atoms with Gasteiger partial charge in [0.1, 0.15) is 5.82 Å². The SMILES string of the molecule is CCNC(CC)(CO)c1ccccc1F. The molecule has 3 heteroatoms. The van der Waals surface area contributed by atoms with Crippen molar-refractivity contribution in [3.63, 3.8) is 0 Å². The van der Waals surface area contributed by atoms with Crippen LogP contribution in [0.3, 0.4) is 0 Å². The Morgan fingerprint density at radius 3 is 2.47 bits per heavy atom. The molecule has 0 aromatic heterocycles. The maximum Gasteiger partial charge on any atom is 0.128 e. The van der Waals surface area contributed by atoms with E-state index in [4.69, 9.17) is 0 Å². The molecule has 0 aliphatic heterocycles. The normalized spacial score (nSPS) is 14.9. The third kappa shape index (κ3) is 2.36. The predicted molar refractivity (Wildman–Crippen MR) is 59.1 cm³/mol. The number of rotatable bonds is 5. The van der Waals surface area contributed by atoms with Crippen molar-refractivity contribution in [2.75, 3.05) is 13.2 Å². The highest BCUT2D eigenvalue weighted by Crippen LogP contribution is 2.26. The third-order valence-corrected chi connectivity index (χ3v) is 2.78. The number of halogens is 1. The van der Waals surface area contributed by atoms with Crippen LogP contribution in [0.5, 0.6) is 0 Å². The van der Waals surface area contributed by atoms with E-state index < -0.39 is 5.54 Å². The Labute approximate surface area is 90.1 Å². The zero-order valence-electron chi connectivity index (χ0n) is 9.26. The van der Waals surface area contributed by atoms with Gasteiger partial charge in [0.2, 0.25) is 0 Å². The van der Waals surface area contributed by atoms with Crippen LogP contribution in [0.1, 0.15) is 25.8 Å². The molecule has 0 bridgehead atoms. The van der Waals surface area contributed by atoms with E-state index >= 15 is 0 Å². The fourth-order valence-corrected chi connectivity index (χ4v) is 1.85. The summed E-state index contributed by atoms with van der Waals surface area (Å²) in [5, 5.41) is 12.6. The van der Waals surface area contributed by atoms with Crippen LogP contribution < -0.4 is 5.32 Å². The summed E-state index contributed by atoms with van der Waals surface area (Å²) in [6.45, 7) is 4.48. The van der Waals surface area contributed by atoms with Crippen LogP contribution in [-0.2, 0) is 5.54 Å². The molecule has 0 aliphatic rings. The van der Waals surface area contributed by atoms with Crippen molar-refractivity contribution in [2.45, 2.75) is 25.8 Å². The monoisotopic (exact) mass is 211 g/mol. The maximum absolute atomic E-state index is 13.6. The molecule has 2 N–H and O–H groups in total. The standard InChI is InChI=1S/C12H18FNO/c1-3-12(9-15,14-4-2)10-7-5-6-8-11(10)13/h5-8,14-15H,3-4,9H2,1-2H3. The fraction of sp³-hybridized carbons (Fsp3) is 0.500. The summed E-state index contributed by atoms with van der Waals surface area (Å²) < 4.78 is 13.6. The molecule has 0 aliphatic carbocycles. The maximum atomic E-state index is 13.6. The number of aliphatic hydroxyl groups is 1. The Bertz CT molecular complexity index is 310. The van der Waals surface area contributed by atoms with Gasteiger partial charge in [-0.2, -0.15) is 0 Å². The van der Waals surface area contributed by atoms with Crippen molar-refractivity contribution in [3.8, 4) is 0 Å². The number of hydrogen-bond donors (Lipinski definition) is 2. The molecule has 15 heavy (non-hydrogen) atoms. The molecule has 0 saturated carbocycles. The molecule has 0 spiro atoms. The first-order chi connectivity index (χ1) is 7.20. The molecule has 0 saturated heterocycles. The second-order valence-electron chi connectivity index (χ2n) is 3.60. The lowest BCUT2D eigenvalue weighted by Gasteiger charge is -2.32. The van der Waals surface area contributed by atoms with Gasteiger partial charge in [-0.1, -0.05) is 32.0 Å². The summed E-state index contributed by atoms with van der Waals surface area (Å²) in [6, 6.07) is 6.59. The lowest BCUT2D eigenvalue weighted by Crippen LogP contribution is -2.45. The van der Waals surface area contributed by atoms with Gasteiger partial charge in [0, 0.05) is 5.56 Å². The first-order valence-corrected chi connectivity index (χ1v) is 5.31. The largest absolute Gasteiger partial charge is 0.394 e. The van der Waals surface area contributed by atoms with Crippen molar-refractivity contribution >= 4 is 0 Å². The number of aliphatic hydroxyl groups excluding tert-OH is 1. The van der Waals surface area contributed by atoms with Crippen LogP contribution in [0.4, 0.5) is 4.39 Å².